The first-order valence-electron chi connectivity index (χ1n) is 8.02. The SMILES string of the molecule is CCCCCCCCCCCCCCCCS.[Au]. The van der Waals surface area contributed by atoms with E-state index >= 15 is 0 Å². The summed E-state index contributed by atoms with van der Waals surface area (Å²) in [6.45, 7) is 2.29. The fraction of sp³-hybridized carbons (Fsp3) is 1.00. The summed E-state index contributed by atoms with van der Waals surface area (Å²) in [5.74, 6) is 1.07. The van der Waals surface area contributed by atoms with Crippen molar-refractivity contribution in [2.45, 2.75) is 96.8 Å². The van der Waals surface area contributed by atoms with E-state index in [2.05, 4.69) is 19.6 Å². The minimum atomic E-state index is 0. The van der Waals surface area contributed by atoms with Crippen molar-refractivity contribution in [3.05, 3.63) is 0 Å². The van der Waals surface area contributed by atoms with Gasteiger partial charge in [-0.3, -0.25) is 0 Å². The van der Waals surface area contributed by atoms with Gasteiger partial charge in [0.2, 0.25) is 0 Å². The molecule has 0 fully saturated rings. The summed E-state index contributed by atoms with van der Waals surface area (Å²) in [6.07, 6.45) is 20.1. The van der Waals surface area contributed by atoms with Gasteiger partial charge in [0.1, 0.15) is 0 Å². The van der Waals surface area contributed by atoms with Crippen LogP contribution in [0.25, 0.3) is 0 Å². The summed E-state index contributed by atoms with van der Waals surface area (Å²) in [4.78, 5) is 0. The van der Waals surface area contributed by atoms with Crippen LogP contribution in [0.3, 0.4) is 0 Å². The Morgan fingerprint density at radius 2 is 0.778 bits per heavy atom. The predicted molar refractivity (Wildman–Crippen MR) is 84.2 cm³/mol. The van der Waals surface area contributed by atoms with Crippen LogP contribution in [0.4, 0.5) is 0 Å². The van der Waals surface area contributed by atoms with E-state index in [-0.39, 0.29) is 22.4 Å². The van der Waals surface area contributed by atoms with Crippen LogP contribution < -0.4 is 0 Å². The fourth-order valence-electron chi connectivity index (χ4n) is 2.31. The third kappa shape index (κ3) is 19.4. The molecule has 0 amide bonds. The molecule has 1 radical (unpaired) electrons. The smallest absolute Gasteiger partial charge is 0 e. The molecule has 0 atom stereocenters. The third-order valence-electron chi connectivity index (χ3n) is 3.51. The molecule has 0 unspecified atom stereocenters. The van der Waals surface area contributed by atoms with Crippen LogP contribution in [0, 0.1) is 0 Å². The normalized spacial score (nSPS) is 10.3. The maximum absolute atomic E-state index is 4.23. The Hall–Kier alpha value is 1.09. The number of hydrogen-bond acceptors (Lipinski definition) is 1. The van der Waals surface area contributed by atoms with Crippen molar-refractivity contribution in [1.82, 2.24) is 0 Å². The number of thiol groups is 1. The Kier molecular flexibility index (Phi) is 24.3. The van der Waals surface area contributed by atoms with E-state index in [1.807, 2.05) is 0 Å². The average Bonchev–Trinajstić information content (AvgIpc) is 2.35. The van der Waals surface area contributed by atoms with Gasteiger partial charge in [0, 0.05) is 22.4 Å². The molecular weight excluding hydrogens is 421 g/mol. The zero-order valence-electron chi connectivity index (χ0n) is 12.4. The van der Waals surface area contributed by atoms with Crippen molar-refractivity contribution in [2.75, 3.05) is 5.75 Å². The zero-order valence-corrected chi connectivity index (χ0v) is 15.4. The molecule has 0 rings (SSSR count). The van der Waals surface area contributed by atoms with E-state index < -0.39 is 0 Å². The van der Waals surface area contributed by atoms with E-state index in [0.29, 0.717) is 0 Å². The maximum Gasteiger partial charge on any atom is 0 e. The van der Waals surface area contributed by atoms with Gasteiger partial charge in [0.05, 0.1) is 0 Å². The van der Waals surface area contributed by atoms with Gasteiger partial charge in [-0.05, 0) is 12.2 Å². The summed E-state index contributed by atoms with van der Waals surface area (Å²) in [5.41, 5.74) is 0. The zero-order chi connectivity index (χ0) is 12.6. The Bertz CT molecular complexity index is 114. The minimum absolute atomic E-state index is 0. The van der Waals surface area contributed by atoms with Crippen molar-refractivity contribution in [3.8, 4) is 0 Å². The first kappa shape index (κ1) is 21.4. The van der Waals surface area contributed by atoms with E-state index in [0.717, 1.165) is 5.75 Å². The van der Waals surface area contributed by atoms with E-state index in [9.17, 15) is 0 Å². The van der Waals surface area contributed by atoms with E-state index in [4.69, 9.17) is 0 Å². The first-order chi connectivity index (χ1) is 8.41. The molecule has 0 N–H and O–H groups in total. The Morgan fingerprint density at radius 1 is 0.500 bits per heavy atom. The minimum Gasteiger partial charge on any atom is -0.179 e. The average molecular weight is 455 g/mol. The molecule has 0 aromatic heterocycles. The molecule has 0 nitrogen and oxygen atoms in total. The van der Waals surface area contributed by atoms with Crippen LogP contribution in [0.5, 0.6) is 0 Å². The second-order valence-corrected chi connectivity index (χ2v) is 5.77. The molecule has 0 spiro atoms. The van der Waals surface area contributed by atoms with Crippen LogP contribution in [-0.4, -0.2) is 5.75 Å². The summed E-state index contributed by atoms with van der Waals surface area (Å²) in [7, 11) is 0. The van der Waals surface area contributed by atoms with Gasteiger partial charge in [0.25, 0.3) is 0 Å². The number of hydrogen-bond donors (Lipinski definition) is 1. The molecule has 0 aromatic rings. The second kappa shape index (κ2) is 20.4. The van der Waals surface area contributed by atoms with Crippen molar-refractivity contribution in [1.29, 1.82) is 0 Å². The quantitative estimate of drug-likeness (QED) is 0.175. The summed E-state index contributed by atoms with van der Waals surface area (Å²) >= 11 is 4.23. The van der Waals surface area contributed by atoms with Gasteiger partial charge < -0.3 is 0 Å². The van der Waals surface area contributed by atoms with Gasteiger partial charge in [0.15, 0.2) is 0 Å². The van der Waals surface area contributed by atoms with Gasteiger partial charge in [-0.2, -0.15) is 12.6 Å². The second-order valence-electron chi connectivity index (χ2n) is 5.32. The van der Waals surface area contributed by atoms with Crippen molar-refractivity contribution < 1.29 is 22.4 Å². The Morgan fingerprint density at radius 3 is 1.06 bits per heavy atom. The van der Waals surface area contributed by atoms with Crippen LogP contribution in [0.15, 0.2) is 0 Å². The van der Waals surface area contributed by atoms with Crippen molar-refractivity contribution in [3.63, 3.8) is 0 Å². The Balaban J connectivity index is 0. The predicted octanol–water partition coefficient (Wildman–Crippen LogP) is 6.40. The van der Waals surface area contributed by atoms with Gasteiger partial charge in [-0.15, -0.1) is 0 Å². The maximum atomic E-state index is 4.23. The van der Waals surface area contributed by atoms with Crippen molar-refractivity contribution in [2.24, 2.45) is 0 Å². The molecule has 0 aromatic carbocycles. The molecule has 0 bridgehead atoms. The van der Waals surface area contributed by atoms with Crippen molar-refractivity contribution >= 4 is 12.6 Å². The van der Waals surface area contributed by atoms with Gasteiger partial charge in [-0.1, -0.05) is 90.4 Å². The molecular formula is C16H34AuS. The molecule has 0 saturated carbocycles. The van der Waals surface area contributed by atoms with Crippen LogP contribution >= 0.6 is 12.6 Å². The molecule has 115 valence electrons. The summed E-state index contributed by atoms with van der Waals surface area (Å²) in [6, 6.07) is 0. The Labute approximate surface area is 137 Å². The molecule has 0 aliphatic carbocycles. The van der Waals surface area contributed by atoms with E-state index in [1.54, 1.807) is 0 Å². The van der Waals surface area contributed by atoms with Gasteiger partial charge in [-0.25, -0.2) is 0 Å². The molecule has 0 aliphatic heterocycles. The van der Waals surface area contributed by atoms with Gasteiger partial charge >= 0.3 is 0 Å². The molecule has 0 saturated heterocycles. The monoisotopic (exact) mass is 455 g/mol. The van der Waals surface area contributed by atoms with E-state index in [1.165, 1.54) is 89.9 Å². The number of rotatable bonds is 14. The van der Waals surface area contributed by atoms with Crippen LogP contribution in [0.1, 0.15) is 96.8 Å². The summed E-state index contributed by atoms with van der Waals surface area (Å²) < 4.78 is 0. The topological polar surface area (TPSA) is 0 Å². The summed E-state index contributed by atoms with van der Waals surface area (Å²) in [5, 5.41) is 0. The third-order valence-corrected chi connectivity index (χ3v) is 3.83. The molecule has 0 aliphatic rings. The molecule has 0 heterocycles. The number of unbranched alkanes of at least 4 members (excludes halogenated alkanes) is 13. The molecule has 18 heavy (non-hydrogen) atoms. The van der Waals surface area contributed by atoms with Crippen LogP contribution in [-0.2, 0) is 22.4 Å². The standard InChI is InChI=1S/C16H34S.Au/c1-2-3-4-5-6-7-8-9-10-11-12-13-14-15-16-17;/h17H,2-16H2,1H3;. The molecule has 2 heteroatoms. The first-order valence-corrected chi connectivity index (χ1v) is 8.66. The van der Waals surface area contributed by atoms with Crippen LogP contribution in [0.2, 0.25) is 0 Å². The largest absolute Gasteiger partial charge is 0.179 e. The fourth-order valence-corrected chi connectivity index (χ4v) is 2.53.